The summed E-state index contributed by atoms with van der Waals surface area (Å²) in [7, 11) is -3.48. The molecule has 0 spiro atoms. The monoisotopic (exact) mass is 374 g/mol. The Morgan fingerprint density at radius 1 is 1.00 bits per heavy atom. The van der Waals surface area contributed by atoms with E-state index in [1.165, 1.54) is 16.4 Å². The van der Waals surface area contributed by atoms with E-state index in [4.69, 9.17) is 0 Å². The summed E-state index contributed by atoms with van der Waals surface area (Å²) in [6.45, 7) is 6.48. The standard InChI is InChI=1S/C20H26N2O3S/c1-4-22(5-2)26(24,25)19-13-11-18(12-14-19)21-20(23)15-16(3)17-9-7-6-8-10-17/h6-14,16H,4-5,15H2,1-3H3,(H,21,23). The molecule has 0 heterocycles. The zero-order valence-electron chi connectivity index (χ0n) is 15.5. The van der Waals surface area contributed by atoms with Crippen LogP contribution in [-0.2, 0) is 14.8 Å². The number of carbonyl (C=O) groups is 1. The quantitative estimate of drug-likeness (QED) is 0.763. The highest BCUT2D eigenvalue weighted by Gasteiger charge is 2.21. The van der Waals surface area contributed by atoms with Gasteiger partial charge in [-0.15, -0.1) is 0 Å². The lowest BCUT2D eigenvalue weighted by Gasteiger charge is -2.18. The molecule has 1 unspecified atom stereocenters. The molecule has 0 bridgehead atoms. The lowest BCUT2D eigenvalue weighted by Crippen LogP contribution is -2.30. The van der Waals surface area contributed by atoms with Crippen LogP contribution in [0.1, 0.15) is 38.7 Å². The first kappa shape index (κ1) is 20.1. The summed E-state index contributed by atoms with van der Waals surface area (Å²) in [4.78, 5) is 12.5. The SMILES string of the molecule is CCN(CC)S(=O)(=O)c1ccc(NC(=O)CC(C)c2ccccc2)cc1. The van der Waals surface area contributed by atoms with E-state index in [1.807, 2.05) is 51.1 Å². The van der Waals surface area contributed by atoms with E-state index in [2.05, 4.69) is 5.32 Å². The highest BCUT2D eigenvalue weighted by Crippen LogP contribution is 2.21. The fourth-order valence-corrected chi connectivity index (χ4v) is 4.27. The fraction of sp³-hybridized carbons (Fsp3) is 0.350. The molecule has 2 aromatic carbocycles. The van der Waals surface area contributed by atoms with Gasteiger partial charge in [-0.1, -0.05) is 51.1 Å². The molecule has 0 saturated carbocycles. The van der Waals surface area contributed by atoms with Crippen LogP contribution in [0.4, 0.5) is 5.69 Å². The summed E-state index contributed by atoms with van der Waals surface area (Å²) in [5, 5.41) is 2.83. The molecule has 1 atom stereocenters. The van der Waals surface area contributed by atoms with Gasteiger partial charge in [0.15, 0.2) is 0 Å². The van der Waals surface area contributed by atoms with E-state index >= 15 is 0 Å². The molecular formula is C20H26N2O3S. The van der Waals surface area contributed by atoms with Crippen molar-refractivity contribution in [2.24, 2.45) is 0 Å². The van der Waals surface area contributed by atoms with Gasteiger partial charge in [0.05, 0.1) is 4.90 Å². The van der Waals surface area contributed by atoms with Crippen LogP contribution < -0.4 is 5.32 Å². The molecule has 2 rings (SSSR count). The number of rotatable bonds is 8. The number of carbonyl (C=O) groups excluding carboxylic acids is 1. The zero-order chi connectivity index (χ0) is 19.2. The van der Waals surface area contributed by atoms with Crippen molar-refractivity contribution in [2.75, 3.05) is 18.4 Å². The van der Waals surface area contributed by atoms with Crippen LogP contribution in [0.25, 0.3) is 0 Å². The van der Waals surface area contributed by atoms with Crippen LogP contribution in [0.3, 0.4) is 0 Å². The molecule has 5 nitrogen and oxygen atoms in total. The number of amides is 1. The van der Waals surface area contributed by atoms with Crippen molar-refractivity contribution >= 4 is 21.6 Å². The smallest absolute Gasteiger partial charge is 0.243 e. The van der Waals surface area contributed by atoms with Crippen LogP contribution in [0.2, 0.25) is 0 Å². The second-order valence-corrected chi connectivity index (χ2v) is 8.12. The molecular weight excluding hydrogens is 348 g/mol. The third kappa shape index (κ3) is 4.93. The van der Waals surface area contributed by atoms with Gasteiger partial charge in [-0.25, -0.2) is 8.42 Å². The van der Waals surface area contributed by atoms with Crippen molar-refractivity contribution in [3.05, 3.63) is 60.2 Å². The molecule has 0 radical (unpaired) electrons. The summed E-state index contributed by atoms with van der Waals surface area (Å²) in [5.41, 5.74) is 1.71. The first-order chi connectivity index (χ1) is 12.4. The summed E-state index contributed by atoms with van der Waals surface area (Å²) >= 11 is 0. The average Bonchev–Trinajstić information content (AvgIpc) is 2.63. The molecule has 0 saturated heterocycles. The van der Waals surface area contributed by atoms with Crippen LogP contribution in [0.15, 0.2) is 59.5 Å². The second kappa shape index (κ2) is 8.96. The van der Waals surface area contributed by atoms with E-state index in [9.17, 15) is 13.2 Å². The third-order valence-electron chi connectivity index (χ3n) is 4.34. The van der Waals surface area contributed by atoms with Crippen LogP contribution >= 0.6 is 0 Å². The molecule has 0 aliphatic heterocycles. The highest BCUT2D eigenvalue weighted by atomic mass is 32.2. The van der Waals surface area contributed by atoms with Gasteiger partial charge >= 0.3 is 0 Å². The summed E-state index contributed by atoms with van der Waals surface area (Å²) in [6, 6.07) is 16.2. The molecule has 0 aliphatic rings. The van der Waals surface area contributed by atoms with E-state index < -0.39 is 10.0 Å². The van der Waals surface area contributed by atoms with E-state index in [-0.39, 0.29) is 16.7 Å². The fourth-order valence-electron chi connectivity index (χ4n) is 2.81. The Morgan fingerprint density at radius 3 is 2.12 bits per heavy atom. The Balaban J connectivity index is 2.02. The predicted molar refractivity (Wildman–Crippen MR) is 105 cm³/mol. The van der Waals surface area contributed by atoms with Crippen LogP contribution in [0, 0.1) is 0 Å². The molecule has 1 N–H and O–H groups in total. The maximum absolute atomic E-state index is 12.5. The Morgan fingerprint density at radius 2 is 1.58 bits per heavy atom. The highest BCUT2D eigenvalue weighted by molar-refractivity contribution is 7.89. The van der Waals surface area contributed by atoms with E-state index in [0.717, 1.165) is 5.56 Å². The predicted octanol–water partition coefficient (Wildman–Crippen LogP) is 3.85. The van der Waals surface area contributed by atoms with Gasteiger partial charge in [-0.3, -0.25) is 4.79 Å². The number of benzene rings is 2. The average molecular weight is 375 g/mol. The molecule has 2 aromatic rings. The lowest BCUT2D eigenvalue weighted by atomic mass is 9.97. The lowest BCUT2D eigenvalue weighted by molar-refractivity contribution is -0.116. The number of sulfonamides is 1. The first-order valence-corrected chi connectivity index (χ1v) is 10.3. The molecule has 140 valence electrons. The summed E-state index contributed by atoms with van der Waals surface area (Å²) in [6.07, 6.45) is 0.365. The second-order valence-electron chi connectivity index (χ2n) is 6.18. The maximum Gasteiger partial charge on any atom is 0.243 e. The summed E-state index contributed by atoms with van der Waals surface area (Å²) in [5.74, 6) is 0.0132. The minimum absolute atomic E-state index is 0.0966. The van der Waals surface area contributed by atoms with Gasteiger partial charge in [0, 0.05) is 25.2 Å². The maximum atomic E-state index is 12.5. The number of hydrogen-bond acceptors (Lipinski definition) is 3. The molecule has 0 aromatic heterocycles. The van der Waals surface area contributed by atoms with Gasteiger partial charge in [0.1, 0.15) is 0 Å². The molecule has 0 fully saturated rings. The first-order valence-electron chi connectivity index (χ1n) is 8.83. The Hall–Kier alpha value is -2.18. The van der Waals surface area contributed by atoms with Crippen molar-refractivity contribution in [1.29, 1.82) is 0 Å². The van der Waals surface area contributed by atoms with Crippen molar-refractivity contribution in [3.8, 4) is 0 Å². The Bertz CT molecular complexity index is 814. The third-order valence-corrected chi connectivity index (χ3v) is 6.41. The van der Waals surface area contributed by atoms with Crippen LogP contribution in [0.5, 0.6) is 0 Å². The summed E-state index contributed by atoms with van der Waals surface area (Å²) < 4.78 is 26.3. The Kier molecular flexibility index (Phi) is 6.94. The Labute approximate surface area is 156 Å². The minimum atomic E-state index is -3.48. The number of nitrogens with one attached hydrogen (secondary N) is 1. The van der Waals surface area contributed by atoms with Crippen molar-refractivity contribution < 1.29 is 13.2 Å². The van der Waals surface area contributed by atoms with Crippen molar-refractivity contribution in [3.63, 3.8) is 0 Å². The normalized spacial score (nSPS) is 12.8. The zero-order valence-corrected chi connectivity index (χ0v) is 16.3. The van der Waals surface area contributed by atoms with Gasteiger partial charge < -0.3 is 5.32 Å². The minimum Gasteiger partial charge on any atom is -0.326 e. The van der Waals surface area contributed by atoms with Gasteiger partial charge in [0.25, 0.3) is 0 Å². The van der Waals surface area contributed by atoms with Crippen molar-refractivity contribution in [1.82, 2.24) is 4.31 Å². The molecule has 6 heteroatoms. The largest absolute Gasteiger partial charge is 0.326 e. The molecule has 26 heavy (non-hydrogen) atoms. The van der Waals surface area contributed by atoms with Crippen molar-refractivity contribution in [2.45, 2.75) is 38.0 Å². The van der Waals surface area contributed by atoms with E-state index in [0.29, 0.717) is 25.2 Å². The van der Waals surface area contributed by atoms with Gasteiger partial charge in [0.2, 0.25) is 15.9 Å². The van der Waals surface area contributed by atoms with Crippen LogP contribution in [-0.4, -0.2) is 31.7 Å². The topological polar surface area (TPSA) is 66.5 Å². The number of nitrogens with zero attached hydrogens (tertiary/aromatic N) is 1. The van der Waals surface area contributed by atoms with E-state index in [1.54, 1.807) is 12.1 Å². The van der Waals surface area contributed by atoms with Gasteiger partial charge in [-0.05, 0) is 35.7 Å². The molecule has 0 aliphatic carbocycles. The van der Waals surface area contributed by atoms with Gasteiger partial charge in [-0.2, -0.15) is 4.31 Å². The number of hydrogen-bond donors (Lipinski definition) is 1. The molecule has 1 amide bonds. The number of anilines is 1.